The van der Waals surface area contributed by atoms with Gasteiger partial charge in [0.15, 0.2) is 0 Å². The highest BCUT2D eigenvalue weighted by Crippen LogP contribution is 2.27. The zero-order valence-corrected chi connectivity index (χ0v) is 17.0. The predicted molar refractivity (Wildman–Crippen MR) is 121 cm³/mol. The number of carbonyl (C=O) groups is 1. The molecule has 6 nitrogen and oxygen atoms in total. The maximum atomic E-state index is 14.1. The summed E-state index contributed by atoms with van der Waals surface area (Å²) in [6.07, 6.45) is 2.19. The van der Waals surface area contributed by atoms with Crippen molar-refractivity contribution in [3.05, 3.63) is 106 Å². The van der Waals surface area contributed by atoms with Crippen LogP contribution in [0.3, 0.4) is 0 Å². The van der Waals surface area contributed by atoms with Gasteiger partial charge in [0, 0.05) is 23.7 Å². The molecular formula is C25H19FN4O2. The first-order chi connectivity index (χ1) is 15.6. The number of nitrogens with zero attached hydrogens (tertiary/aromatic N) is 2. The highest BCUT2D eigenvalue weighted by atomic mass is 19.1. The van der Waals surface area contributed by atoms with E-state index in [1.807, 2.05) is 30.3 Å². The summed E-state index contributed by atoms with van der Waals surface area (Å²) in [5.74, 6) is -0.645. The molecule has 0 bridgehead atoms. The lowest BCUT2D eigenvalue weighted by Crippen LogP contribution is -2.26. The van der Waals surface area contributed by atoms with Gasteiger partial charge in [-0.2, -0.15) is 9.78 Å². The lowest BCUT2D eigenvalue weighted by Gasteiger charge is -2.07. The average Bonchev–Trinajstić information content (AvgIpc) is 3.17. The van der Waals surface area contributed by atoms with Crippen LogP contribution in [0.15, 0.2) is 83.8 Å². The Kier molecular flexibility index (Phi) is 4.99. The van der Waals surface area contributed by atoms with E-state index in [-0.39, 0.29) is 17.0 Å². The fourth-order valence-electron chi connectivity index (χ4n) is 3.78. The Morgan fingerprint density at radius 2 is 1.84 bits per heavy atom. The van der Waals surface area contributed by atoms with Crippen molar-refractivity contribution in [1.82, 2.24) is 20.1 Å². The van der Waals surface area contributed by atoms with E-state index in [9.17, 15) is 14.0 Å². The van der Waals surface area contributed by atoms with Crippen LogP contribution in [0, 0.1) is 5.82 Å². The molecule has 0 radical (unpaired) electrons. The van der Waals surface area contributed by atoms with Crippen LogP contribution >= 0.6 is 0 Å². The number of benzene rings is 3. The van der Waals surface area contributed by atoms with Gasteiger partial charge in [-0.15, -0.1) is 0 Å². The van der Waals surface area contributed by atoms with Crippen LogP contribution in [0.2, 0.25) is 0 Å². The van der Waals surface area contributed by atoms with E-state index in [2.05, 4.69) is 15.4 Å². The number of H-pyrrole nitrogens is 1. The first-order valence-electron chi connectivity index (χ1n) is 10.2. The molecule has 0 spiro atoms. The van der Waals surface area contributed by atoms with E-state index in [1.54, 1.807) is 36.4 Å². The summed E-state index contributed by atoms with van der Waals surface area (Å²) in [6, 6.07) is 21.3. The van der Waals surface area contributed by atoms with Crippen LogP contribution in [-0.4, -0.2) is 27.2 Å². The summed E-state index contributed by atoms with van der Waals surface area (Å²) >= 11 is 0. The molecule has 2 aliphatic heterocycles. The molecule has 3 aromatic carbocycles. The summed E-state index contributed by atoms with van der Waals surface area (Å²) in [5.41, 5.74) is 2.73. The molecule has 5 rings (SSSR count). The van der Waals surface area contributed by atoms with Gasteiger partial charge in [0.2, 0.25) is 0 Å². The Morgan fingerprint density at radius 3 is 2.69 bits per heavy atom. The number of hydrogen-bond donors (Lipinski definition) is 2. The van der Waals surface area contributed by atoms with Gasteiger partial charge in [-0.1, -0.05) is 48.5 Å². The van der Waals surface area contributed by atoms with E-state index in [1.165, 1.54) is 16.9 Å². The molecule has 158 valence electrons. The molecule has 2 aliphatic rings. The Morgan fingerprint density at radius 1 is 1.03 bits per heavy atom. The van der Waals surface area contributed by atoms with E-state index in [0.29, 0.717) is 34.4 Å². The third-order valence-electron chi connectivity index (χ3n) is 5.40. The molecule has 0 aromatic heterocycles. The number of pyridine rings is 1. The standard InChI is InChI=1S/C25H19FN4O2/c26-21-11-5-10-19-22-20(15-28-23(19)21)25(32)30(29-22)18-9-4-8-17(14-18)24(31)27-13-12-16-6-2-1-3-7-16/h1-11,14-15,28H,12-13H2,(H,27,31). The molecule has 0 atom stereocenters. The van der Waals surface area contributed by atoms with Crippen LogP contribution in [0.1, 0.15) is 15.9 Å². The van der Waals surface area contributed by atoms with Crippen molar-refractivity contribution in [3.63, 3.8) is 0 Å². The molecule has 2 N–H and O–H groups in total. The van der Waals surface area contributed by atoms with Gasteiger partial charge in [-0.05, 0) is 36.2 Å². The molecule has 3 aromatic rings. The number of rotatable bonds is 5. The Hall–Kier alpha value is -4.26. The normalized spacial score (nSPS) is 11.2. The number of hydrogen-bond acceptors (Lipinski definition) is 3. The third-order valence-corrected chi connectivity index (χ3v) is 5.40. The average molecular weight is 426 g/mol. The third kappa shape index (κ3) is 3.54. The van der Waals surface area contributed by atoms with Gasteiger partial charge in [0.05, 0.1) is 16.8 Å². The van der Waals surface area contributed by atoms with E-state index in [0.717, 1.165) is 12.0 Å². The second kappa shape index (κ2) is 8.11. The largest absolute Gasteiger partial charge is 0.358 e. The zero-order chi connectivity index (χ0) is 22.1. The zero-order valence-electron chi connectivity index (χ0n) is 17.0. The monoisotopic (exact) mass is 426 g/mol. The summed E-state index contributed by atoms with van der Waals surface area (Å²) in [7, 11) is 0. The van der Waals surface area contributed by atoms with Crippen LogP contribution in [-0.2, 0) is 6.42 Å². The van der Waals surface area contributed by atoms with Gasteiger partial charge in [0.1, 0.15) is 11.5 Å². The minimum Gasteiger partial charge on any atom is -0.358 e. The van der Waals surface area contributed by atoms with Crippen LogP contribution in [0.4, 0.5) is 4.39 Å². The number of para-hydroxylation sites is 1. The van der Waals surface area contributed by atoms with Crippen LogP contribution < -0.4 is 10.9 Å². The molecule has 0 saturated heterocycles. The smallest absolute Gasteiger partial charge is 0.282 e. The number of carbonyl (C=O) groups excluding carboxylic acids is 1. The van der Waals surface area contributed by atoms with E-state index < -0.39 is 5.82 Å². The highest BCUT2D eigenvalue weighted by molar-refractivity contribution is 5.95. The SMILES string of the molecule is O=C(NCCc1ccccc1)c1cccc(-n2nc3c4cccc(F)c4[nH]cc-3c2=O)c1. The Labute approximate surface area is 182 Å². The molecule has 0 aliphatic carbocycles. The molecule has 2 heterocycles. The highest BCUT2D eigenvalue weighted by Gasteiger charge is 2.20. The van der Waals surface area contributed by atoms with Gasteiger partial charge in [-0.25, -0.2) is 4.39 Å². The molecule has 0 fully saturated rings. The van der Waals surface area contributed by atoms with Gasteiger partial charge in [-0.3, -0.25) is 9.59 Å². The Balaban J connectivity index is 1.44. The number of aromatic amines is 1. The number of fused-ring (bicyclic) bond motifs is 3. The van der Waals surface area contributed by atoms with Crippen molar-refractivity contribution in [2.24, 2.45) is 0 Å². The first kappa shape index (κ1) is 19.7. The fourth-order valence-corrected chi connectivity index (χ4v) is 3.78. The second-order valence-corrected chi connectivity index (χ2v) is 7.47. The number of halogens is 1. The number of amides is 1. The summed E-state index contributed by atoms with van der Waals surface area (Å²) in [4.78, 5) is 28.4. The molecule has 32 heavy (non-hydrogen) atoms. The maximum Gasteiger partial charge on any atom is 0.282 e. The fraction of sp³-hybridized carbons (Fsp3) is 0.0800. The minimum absolute atomic E-state index is 0.229. The van der Waals surface area contributed by atoms with Crippen molar-refractivity contribution in [2.75, 3.05) is 6.54 Å². The summed E-state index contributed by atoms with van der Waals surface area (Å²) in [5, 5.41) is 7.87. The maximum absolute atomic E-state index is 14.1. The molecule has 7 heteroatoms. The Bertz CT molecular complexity index is 1460. The lowest BCUT2D eigenvalue weighted by molar-refractivity contribution is 0.0954. The van der Waals surface area contributed by atoms with Crippen molar-refractivity contribution >= 4 is 16.8 Å². The van der Waals surface area contributed by atoms with Crippen LogP contribution in [0.25, 0.3) is 27.8 Å². The minimum atomic E-state index is -0.416. The second-order valence-electron chi connectivity index (χ2n) is 7.47. The van der Waals surface area contributed by atoms with Gasteiger partial charge in [0.25, 0.3) is 11.5 Å². The molecular weight excluding hydrogens is 407 g/mol. The summed E-state index contributed by atoms with van der Waals surface area (Å²) < 4.78 is 15.3. The van der Waals surface area contributed by atoms with Crippen molar-refractivity contribution in [2.45, 2.75) is 6.42 Å². The lowest BCUT2D eigenvalue weighted by atomic mass is 10.1. The quantitative estimate of drug-likeness (QED) is 0.447. The number of nitrogens with one attached hydrogen (secondary N) is 2. The molecule has 1 amide bonds. The molecule has 0 unspecified atom stereocenters. The van der Waals surface area contributed by atoms with Gasteiger partial charge >= 0.3 is 0 Å². The van der Waals surface area contributed by atoms with Crippen molar-refractivity contribution < 1.29 is 9.18 Å². The van der Waals surface area contributed by atoms with E-state index >= 15 is 0 Å². The topological polar surface area (TPSA) is 79.8 Å². The summed E-state index contributed by atoms with van der Waals surface area (Å²) in [6.45, 7) is 0.499. The first-order valence-corrected chi connectivity index (χ1v) is 10.2. The van der Waals surface area contributed by atoms with Gasteiger partial charge < -0.3 is 10.3 Å². The van der Waals surface area contributed by atoms with Crippen molar-refractivity contribution in [1.29, 1.82) is 0 Å². The number of aromatic nitrogens is 3. The molecule has 0 saturated carbocycles. The van der Waals surface area contributed by atoms with E-state index in [4.69, 9.17) is 0 Å². The van der Waals surface area contributed by atoms with Crippen molar-refractivity contribution in [3.8, 4) is 16.9 Å². The van der Waals surface area contributed by atoms with Crippen LogP contribution in [0.5, 0.6) is 0 Å². The predicted octanol–water partition coefficient (Wildman–Crippen LogP) is 3.93.